The number of rotatable bonds is 1. The smallest absolute Gasteiger partial charge is 0.297 e. The monoisotopic (exact) mass is 207 g/mol. The van der Waals surface area contributed by atoms with Crippen LogP contribution in [0, 0.1) is 5.41 Å². The molecular weight excluding hydrogens is 195 g/mol. The van der Waals surface area contributed by atoms with Gasteiger partial charge in [0.1, 0.15) is 12.3 Å². The van der Waals surface area contributed by atoms with Crippen molar-refractivity contribution in [1.29, 1.82) is 0 Å². The van der Waals surface area contributed by atoms with Crippen molar-refractivity contribution in [3.05, 3.63) is 0 Å². The number of alkyl halides is 3. The average Bonchev–Trinajstić information content (AvgIpc) is 2.24. The van der Waals surface area contributed by atoms with E-state index in [1.165, 1.54) is 0 Å². The molecule has 0 N–H and O–H groups in total. The van der Waals surface area contributed by atoms with Gasteiger partial charge in [-0.15, -0.1) is 0 Å². The zero-order valence-corrected chi connectivity index (χ0v) is 8.06. The molecule has 14 heavy (non-hydrogen) atoms. The summed E-state index contributed by atoms with van der Waals surface area (Å²) in [5.41, 5.74) is -0.520. The van der Waals surface area contributed by atoms with Crippen LogP contribution in [-0.2, 0) is 4.79 Å². The second-order valence-electron chi connectivity index (χ2n) is 4.12. The fourth-order valence-corrected chi connectivity index (χ4v) is 1.52. The molecule has 0 spiro atoms. The predicted molar refractivity (Wildman–Crippen MR) is 46.4 cm³/mol. The van der Waals surface area contributed by atoms with Crippen molar-refractivity contribution in [2.75, 3.05) is 0 Å². The van der Waals surface area contributed by atoms with Gasteiger partial charge in [0.05, 0.1) is 0 Å². The van der Waals surface area contributed by atoms with Gasteiger partial charge in [0, 0.05) is 5.41 Å². The number of carbonyl (C=O) groups is 1. The fourth-order valence-electron chi connectivity index (χ4n) is 1.52. The van der Waals surface area contributed by atoms with E-state index in [1.54, 1.807) is 13.8 Å². The number of carbonyl (C=O) groups excluding carboxylic acids is 1. The van der Waals surface area contributed by atoms with E-state index in [-0.39, 0.29) is 12.0 Å². The maximum atomic E-state index is 11.8. The van der Waals surface area contributed by atoms with E-state index >= 15 is 0 Å². The number of ketones is 1. The Balaban J connectivity index is 2.66. The molecule has 1 rings (SSSR count). The van der Waals surface area contributed by atoms with Crippen molar-refractivity contribution in [2.45, 2.75) is 38.9 Å². The molecule has 0 radical (unpaired) electrons. The molecule has 1 aliphatic carbocycles. The van der Waals surface area contributed by atoms with Crippen molar-refractivity contribution in [3.8, 4) is 0 Å². The Morgan fingerprint density at radius 2 is 2.07 bits per heavy atom. The molecule has 1 unspecified atom stereocenters. The van der Waals surface area contributed by atoms with Crippen molar-refractivity contribution >= 4 is 12.0 Å². The minimum atomic E-state index is -4.42. The van der Waals surface area contributed by atoms with E-state index < -0.39 is 17.6 Å². The molecule has 1 saturated carbocycles. The first-order valence-corrected chi connectivity index (χ1v) is 4.38. The fraction of sp³-hybridized carbons (Fsp3) is 0.778. The SMILES string of the molecule is CC1(C)CCC(N=CC(F)(F)F)C1=O. The highest BCUT2D eigenvalue weighted by Gasteiger charge is 2.40. The molecule has 0 heterocycles. The van der Waals surface area contributed by atoms with Crippen LogP contribution in [0.1, 0.15) is 26.7 Å². The Bertz CT molecular complexity index is 268. The summed E-state index contributed by atoms with van der Waals surface area (Å²) in [6.45, 7) is 3.47. The van der Waals surface area contributed by atoms with Gasteiger partial charge in [-0.3, -0.25) is 9.79 Å². The molecule has 0 aromatic carbocycles. The minimum absolute atomic E-state index is 0.0863. The van der Waals surface area contributed by atoms with Crippen LogP contribution in [0.4, 0.5) is 13.2 Å². The van der Waals surface area contributed by atoms with Crippen molar-refractivity contribution < 1.29 is 18.0 Å². The Morgan fingerprint density at radius 3 is 2.43 bits per heavy atom. The molecule has 1 aliphatic rings. The van der Waals surface area contributed by atoms with Crippen LogP contribution in [0.2, 0.25) is 0 Å². The normalized spacial score (nSPS) is 27.5. The van der Waals surface area contributed by atoms with E-state index in [4.69, 9.17) is 0 Å². The van der Waals surface area contributed by atoms with E-state index in [0.29, 0.717) is 12.8 Å². The molecule has 80 valence electrons. The second kappa shape index (κ2) is 3.37. The number of nitrogens with zero attached hydrogens (tertiary/aromatic N) is 1. The summed E-state index contributed by atoms with van der Waals surface area (Å²) >= 11 is 0. The van der Waals surface area contributed by atoms with Gasteiger partial charge in [-0.25, -0.2) is 0 Å². The molecule has 0 amide bonds. The summed E-state index contributed by atoms with van der Waals surface area (Å²) in [5, 5.41) is 0. The van der Waals surface area contributed by atoms with Crippen LogP contribution in [0.25, 0.3) is 0 Å². The predicted octanol–water partition coefficient (Wildman–Crippen LogP) is 2.38. The van der Waals surface area contributed by atoms with Crippen LogP contribution >= 0.6 is 0 Å². The van der Waals surface area contributed by atoms with Gasteiger partial charge in [0.15, 0.2) is 5.78 Å². The molecule has 0 aromatic rings. The van der Waals surface area contributed by atoms with Crippen LogP contribution < -0.4 is 0 Å². The van der Waals surface area contributed by atoms with Crippen molar-refractivity contribution in [1.82, 2.24) is 0 Å². The second-order valence-corrected chi connectivity index (χ2v) is 4.12. The molecular formula is C9H12F3NO. The summed E-state index contributed by atoms with van der Waals surface area (Å²) in [6, 6.07) is -0.799. The van der Waals surface area contributed by atoms with Gasteiger partial charge in [0.25, 0.3) is 0 Å². The first-order chi connectivity index (χ1) is 6.22. The van der Waals surface area contributed by atoms with Crippen molar-refractivity contribution in [3.63, 3.8) is 0 Å². The Labute approximate surface area is 80.2 Å². The van der Waals surface area contributed by atoms with Gasteiger partial charge in [-0.1, -0.05) is 13.8 Å². The first kappa shape index (κ1) is 11.2. The summed E-state index contributed by atoms with van der Waals surface area (Å²) in [7, 11) is 0. The Hall–Kier alpha value is -0.870. The lowest BCUT2D eigenvalue weighted by Crippen LogP contribution is -2.24. The number of hydrogen-bond acceptors (Lipinski definition) is 2. The van der Waals surface area contributed by atoms with E-state index in [9.17, 15) is 18.0 Å². The number of aliphatic imine (C=N–C) groups is 1. The molecule has 0 aliphatic heterocycles. The number of hydrogen-bond donors (Lipinski definition) is 0. The quantitative estimate of drug-likeness (QED) is 0.607. The zero-order chi connectivity index (χ0) is 11.0. The highest BCUT2D eigenvalue weighted by atomic mass is 19.4. The summed E-state index contributed by atoms with van der Waals surface area (Å²) in [5.74, 6) is -0.196. The molecule has 1 fully saturated rings. The van der Waals surface area contributed by atoms with E-state index in [1.807, 2.05) is 0 Å². The lowest BCUT2D eigenvalue weighted by atomic mass is 9.90. The minimum Gasteiger partial charge on any atom is -0.297 e. The van der Waals surface area contributed by atoms with E-state index in [2.05, 4.69) is 4.99 Å². The maximum absolute atomic E-state index is 11.8. The standard InChI is InChI=1S/C9H12F3NO/c1-8(2)4-3-6(7(8)14)13-5-9(10,11)12/h5-6H,3-4H2,1-2H3. The van der Waals surface area contributed by atoms with Gasteiger partial charge in [-0.05, 0) is 12.8 Å². The van der Waals surface area contributed by atoms with Crippen LogP contribution in [0.3, 0.4) is 0 Å². The van der Waals surface area contributed by atoms with Crippen LogP contribution in [0.15, 0.2) is 4.99 Å². The Kier molecular flexibility index (Phi) is 2.69. The summed E-state index contributed by atoms with van der Waals surface area (Å²) in [6.07, 6.45) is -3.49. The van der Waals surface area contributed by atoms with Gasteiger partial charge >= 0.3 is 6.18 Å². The van der Waals surface area contributed by atoms with E-state index in [0.717, 1.165) is 0 Å². The zero-order valence-electron chi connectivity index (χ0n) is 8.06. The lowest BCUT2D eigenvalue weighted by Gasteiger charge is -2.13. The summed E-state index contributed by atoms with van der Waals surface area (Å²) in [4.78, 5) is 14.7. The molecule has 5 heteroatoms. The van der Waals surface area contributed by atoms with Gasteiger partial charge in [0.2, 0.25) is 0 Å². The molecule has 1 atom stereocenters. The third-order valence-corrected chi connectivity index (χ3v) is 2.41. The van der Waals surface area contributed by atoms with Crippen LogP contribution in [0.5, 0.6) is 0 Å². The highest BCUT2D eigenvalue weighted by Crippen LogP contribution is 2.35. The third-order valence-electron chi connectivity index (χ3n) is 2.41. The topological polar surface area (TPSA) is 29.4 Å². The molecule has 0 bridgehead atoms. The third kappa shape index (κ3) is 2.56. The lowest BCUT2D eigenvalue weighted by molar-refractivity contribution is -0.125. The molecule has 0 saturated heterocycles. The molecule has 2 nitrogen and oxygen atoms in total. The molecule has 0 aromatic heterocycles. The number of Topliss-reactive ketones (excluding diaryl/α,β-unsaturated/α-hetero) is 1. The average molecular weight is 207 g/mol. The van der Waals surface area contributed by atoms with Gasteiger partial charge < -0.3 is 0 Å². The van der Waals surface area contributed by atoms with Gasteiger partial charge in [-0.2, -0.15) is 13.2 Å². The Morgan fingerprint density at radius 1 is 1.50 bits per heavy atom. The first-order valence-electron chi connectivity index (χ1n) is 4.38. The van der Waals surface area contributed by atoms with Crippen LogP contribution in [-0.4, -0.2) is 24.2 Å². The summed E-state index contributed by atoms with van der Waals surface area (Å²) < 4.78 is 35.3. The highest BCUT2D eigenvalue weighted by molar-refractivity contribution is 5.92. The van der Waals surface area contributed by atoms with Crippen molar-refractivity contribution in [2.24, 2.45) is 10.4 Å². The maximum Gasteiger partial charge on any atom is 0.426 e. The number of halogens is 3. The largest absolute Gasteiger partial charge is 0.426 e.